The fraction of sp³-hybridized carbons (Fsp3) is 0.545. The maximum Gasteiger partial charge on any atom is 0.282 e. The number of rotatable bonds is 6. The van der Waals surface area contributed by atoms with E-state index < -0.39 is 24.2 Å². The van der Waals surface area contributed by atoms with Gasteiger partial charge in [0, 0.05) is 4.88 Å². The molecule has 4 heterocycles. The third kappa shape index (κ3) is 3.79. The topological polar surface area (TPSA) is 60.9 Å². The molecule has 0 spiro atoms. The average molecular weight is 481 g/mol. The Labute approximate surface area is 191 Å². The van der Waals surface area contributed by atoms with Crippen molar-refractivity contribution in [3.8, 4) is 0 Å². The van der Waals surface area contributed by atoms with Crippen LogP contribution in [0.2, 0.25) is 0 Å². The monoisotopic (exact) mass is 480 g/mol. The Hall–Kier alpha value is -2.56. The van der Waals surface area contributed by atoms with Crippen molar-refractivity contribution >= 4 is 27.2 Å². The van der Waals surface area contributed by atoms with E-state index in [1.54, 1.807) is 17.7 Å². The molecule has 11 heteroatoms. The van der Waals surface area contributed by atoms with E-state index >= 15 is 0 Å². The van der Waals surface area contributed by atoms with Crippen LogP contribution in [-0.4, -0.2) is 29.4 Å². The van der Waals surface area contributed by atoms with Gasteiger partial charge in [0.1, 0.15) is 29.1 Å². The van der Waals surface area contributed by atoms with Crippen molar-refractivity contribution in [2.75, 3.05) is 0 Å². The van der Waals surface area contributed by atoms with E-state index in [0.29, 0.717) is 11.6 Å². The molecule has 0 bridgehead atoms. The molecule has 5 rings (SSSR count). The van der Waals surface area contributed by atoms with E-state index in [9.17, 15) is 17.6 Å². The first-order valence-corrected chi connectivity index (χ1v) is 11.8. The first-order chi connectivity index (χ1) is 15.7. The molecule has 176 valence electrons. The molecule has 0 N–H and O–H groups in total. The van der Waals surface area contributed by atoms with E-state index in [1.165, 1.54) is 15.0 Å². The summed E-state index contributed by atoms with van der Waals surface area (Å²) in [7, 11) is 0. The zero-order valence-electron chi connectivity index (χ0n) is 18.5. The van der Waals surface area contributed by atoms with Crippen LogP contribution in [0.5, 0.6) is 0 Å². The van der Waals surface area contributed by atoms with Gasteiger partial charge in [0.25, 0.3) is 12.9 Å². The standard InChI is InChI=1S/C22H24F4N6S/c1-4-22(2,3)11-5-6-12-15(7-11)33-21-17(12)20-28-16(30-32(20)10-27-21)9-31-14(19(25)26)8-13(29-31)18(23)24/h8,10-11,18-19H,4-7,9H2,1-3H3/t11-/m1/s1. The highest BCUT2D eigenvalue weighted by molar-refractivity contribution is 7.19. The fourth-order valence-electron chi connectivity index (χ4n) is 4.64. The molecule has 0 fully saturated rings. The second kappa shape index (κ2) is 8.03. The summed E-state index contributed by atoms with van der Waals surface area (Å²) in [6, 6.07) is 0.731. The average Bonchev–Trinajstić information content (AvgIpc) is 3.47. The summed E-state index contributed by atoms with van der Waals surface area (Å²) in [6.07, 6.45) is -0.158. The first kappa shape index (κ1) is 22.2. The minimum atomic E-state index is -2.93. The summed E-state index contributed by atoms with van der Waals surface area (Å²) in [4.78, 5) is 11.3. The van der Waals surface area contributed by atoms with Gasteiger partial charge in [-0.25, -0.2) is 32.0 Å². The van der Waals surface area contributed by atoms with E-state index in [2.05, 4.69) is 40.9 Å². The van der Waals surface area contributed by atoms with Crippen LogP contribution in [0.25, 0.3) is 15.9 Å². The van der Waals surface area contributed by atoms with Gasteiger partial charge in [0.2, 0.25) is 0 Å². The number of nitrogens with zero attached hydrogens (tertiary/aromatic N) is 6. The van der Waals surface area contributed by atoms with Crippen molar-refractivity contribution in [3.63, 3.8) is 0 Å². The number of thiophene rings is 1. The van der Waals surface area contributed by atoms with Crippen LogP contribution >= 0.6 is 11.3 Å². The summed E-state index contributed by atoms with van der Waals surface area (Å²) < 4.78 is 55.1. The van der Waals surface area contributed by atoms with E-state index in [-0.39, 0.29) is 17.8 Å². The third-order valence-corrected chi connectivity index (χ3v) is 8.18. The molecule has 0 unspecified atom stereocenters. The Kier molecular flexibility index (Phi) is 5.42. The van der Waals surface area contributed by atoms with Gasteiger partial charge in [-0.3, -0.25) is 4.68 Å². The molecule has 4 aromatic heterocycles. The number of alkyl halides is 4. The van der Waals surface area contributed by atoms with Gasteiger partial charge in [-0.05, 0) is 42.2 Å². The summed E-state index contributed by atoms with van der Waals surface area (Å²) in [6.45, 7) is 6.64. The summed E-state index contributed by atoms with van der Waals surface area (Å²) in [5.74, 6) is 0.819. The Morgan fingerprint density at radius 2 is 1.97 bits per heavy atom. The molecule has 0 amide bonds. The normalized spacial score (nSPS) is 17.1. The zero-order chi connectivity index (χ0) is 23.5. The Bertz CT molecular complexity index is 1320. The van der Waals surface area contributed by atoms with Crippen LogP contribution < -0.4 is 0 Å². The SMILES string of the molecule is CCC(C)(C)[C@@H]1CCc2c(sc3ncn4nc(Cn5nc(C(F)F)cc5C(F)F)nc4c23)C1. The molecular formula is C22H24F4N6S. The van der Waals surface area contributed by atoms with Gasteiger partial charge in [0.05, 0.1) is 5.39 Å². The van der Waals surface area contributed by atoms with Gasteiger partial charge < -0.3 is 0 Å². The summed E-state index contributed by atoms with van der Waals surface area (Å²) >= 11 is 1.68. The largest absolute Gasteiger partial charge is 0.282 e. The lowest BCUT2D eigenvalue weighted by Gasteiger charge is -2.36. The number of aromatic nitrogens is 6. The maximum atomic E-state index is 13.3. The van der Waals surface area contributed by atoms with Crippen molar-refractivity contribution in [2.45, 2.75) is 65.9 Å². The Balaban J connectivity index is 1.53. The third-order valence-electron chi connectivity index (χ3n) is 7.01. The number of halogens is 4. The van der Waals surface area contributed by atoms with E-state index in [4.69, 9.17) is 0 Å². The molecule has 0 aromatic carbocycles. The molecule has 4 aromatic rings. The molecular weight excluding hydrogens is 456 g/mol. The minimum Gasteiger partial charge on any atom is -0.256 e. The van der Waals surface area contributed by atoms with Crippen molar-refractivity contribution < 1.29 is 17.6 Å². The van der Waals surface area contributed by atoms with Gasteiger partial charge in [-0.15, -0.1) is 16.4 Å². The maximum absolute atomic E-state index is 13.3. The van der Waals surface area contributed by atoms with Crippen LogP contribution in [0.15, 0.2) is 12.4 Å². The first-order valence-electron chi connectivity index (χ1n) is 11.0. The van der Waals surface area contributed by atoms with Crippen LogP contribution in [-0.2, 0) is 19.4 Å². The van der Waals surface area contributed by atoms with Gasteiger partial charge in [0.15, 0.2) is 11.5 Å². The molecule has 33 heavy (non-hydrogen) atoms. The number of fused-ring (bicyclic) bond motifs is 5. The molecule has 1 atom stereocenters. The number of aryl methyl sites for hydroxylation is 1. The van der Waals surface area contributed by atoms with Crippen LogP contribution in [0.3, 0.4) is 0 Å². The second-order valence-electron chi connectivity index (χ2n) is 9.26. The van der Waals surface area contributed by atoms with Crippen LogP contribution in [0.4, 0.5) is 17.6 Å². The molecule has 0 aliphatic heterocycles. The predicted octanol–water partition coefficient (Wildman–Crippen LogP) is 6.00. The smallest absolute Gasteiger partial charge is 0.256 e. The van der Waals surface area contributed by atoms with Crippen LogP contribution in [0.1, 0.15) is 74.1 Å². The Morgan fingerprint density at radius 3 is 2.67 bits per heavy atom. The van der Waals surface area contributed by atoms with Gasteiger partial charge >= 0.3 is 0 Å². The van der Waals surface area contributed by atoms with Crippen molar-refractivity contribution in [1.82, 2.24) is 29.4 Å². The van der Waals surface area contributed by atoms with Gasteiger partial charge in [-0.2, -0.15) is 5.10 Å². The highest BCUT2D eigenvalue weighted by Crippen LogP contribution is 2.44. The number of hydrogen-bond donors (Lipinski definition) is 0. The summed E-state index contributed by atoms with van der Waals surface area (Å²) in [5, 5.41) is 8.96. The molecule has 0 saturated heterocycles. The predicted molar refractivity (Wildman–Crippen MR) is 117 cm³/mol. The van der Waals surface area contributed by atoms with E-state index in [0.717, 1.165) is 46.6 Å². The lowest BCUT2D eigenvalue weighted by atomic mass is 9.70. The fourth-order valence-corrected chi connectivity index (χ4v) is 5.90. The Morgan fingerprint density at radius 1 is 1.18 bits per heavy atom. The lowest BCUT2D eigenvalue weighted by Crippen LogP contribution is -2.28. The van der Waals surface area contributed by atoms with Gasteiger partial charge in [-0.1, -0.05) is 27.2 Å². The highest BCUT2D eigenvalue weighted by Gasteiger charge is 2.33. The summed E-state index contributed by atoms with van der Waals surface area (Å²) in [5.41, 5.74) is 0.852. The second-order valence-corrected chi connectivity index (χ2v) is 10.3. The van der Waals surface area contributed by atoms with Crippen LogP contribution in [0, 0.1) is 11.3 Å². The zero-order valence-corrected chi connectivity index (χ0v) is 19.3. The van der Waals surface area contributed by atoms with Crippen molar-refractivity contribution in [1.29, 1.82) is 0 Å². The molecule has 6 nitrogen and oxygen atoms in total. The number of hydrogen-bond acceptors (Lipinski definition) is 5. The molecule has 0 saturated carbocycles. The van der Waals surface area contributed by atoms with E-state index in [1.807, 2.05) is 0 Å². The quantitative estimate of drug-likeness (QED) is 0.318. The molecule has 1 aliphatic rings. The molecule has 0 radical (unpaired) electrons. The van der Waals surface area contributed by atoms with Crippen molar-refractivity contribution in [2.24, 2.45) is 11.3 Å². The lowest BCUT2D eigenvalue weighted by molar-refractivity contribution is 0.139. The highest BCUT2D eigenvalue weighted by atomic mass is 32.1. The molecule has 1 aliphatic carbocycles. The minimum absolute atomic E-state index is 0.218. The van der Waals surface area contributed by atoms with Crippen molar-refractivity contribution in [3.05, 3.63) is 40.0 Å².